The Morgan fingerprint density at radius 2 is 2.04 bits per heavy atom. The molecule has 0 saturated heterocycles. The van der Waals surface area contributed by atoms with Gasteiger partial charge in [0.25, 0.3) is 0 Å². The molecule has 0 saturated carbocycles. The summed E-state index contributed by atoms with van der Waals surface area (Å²) in [7, 11) is -4.57. The van der Waals surface area contributed by atoms with Crippen molar-refractivity contribution in [3.05, 3.63) is 18.3 Å². The summed E-state index contributed by atoms with van der Waals surface area (Å²) in [4.78, 5) is 33.9. The second-order valence-corrected chi connectivity index (χ2v) is 7.30. The maximum absolute atomic E-state index is 11.7. The van der Waals surface area contributed by atoms with Crippen LogP contribution in [0.25, 0.3) is 11.2 Å². The standard InChI is InChI=1S/C12H19ClN5O5P/c1-3-12(4-2,24(19,20)21)23-11(14)22-9(13)7-8-10(17-5-15-7)18-6-16-8/h5-6,9,11H,3-4,14H2,1-2H3,(H2,19,20,21)(H,15,16,17,18). The van der Waals surface area contributed by atoms with E-state index in [9.17, 15) is 14.4 Å². The highest BCUT2D eigenvalue weighted by atomic mass is 35.5. The number of hydrogen-bond acceptors (Lipinski definition) is 7. The number of hydrogen-bond donors (Lipinski definition) is 4. The Kier molecular flexibility index (Phi) is 5.92. The molecule has 24 heavy (non-hydrogen) atoms. The van der Waals surface area contributed by atoms with E-state index in [1.165, 1.54) is 12.7 Å². The molecule has 0 spiro atoms. The molecule has 0 radical (unpaired) electrons. The monoisotopic (exact) mass is 379 g/mol. The molecule has 2 rings (SSSR count). The number of alkyl halides is 1. The molecule has 0 aromatic carbocycles. The topological polar surface area (TPSA) is 156 Å². The summed E-state index contributed by atoms with van der Waals surface area (Å²) in [5.41, 5.74) is 5.75. The second-order valence-electron chi connectivity index (χ2n) is 5.00. The van der Waals surface area contributed by atoms with Crippen LogP contribution < -0.4 is 5.73 Å². The van der Waals surface area contributed by atoms with Crippen LogP contribution in [0.3, 0.4) is 0 Å². The zero-order valence-electron chi connectivity index (χ0n) is 13.1. The fourth-order valence-corrected chi connectivity index (χ4v) is 3.61. The van der Waals surface area contributed by atoms with Crippen molar-refractivity contribution >= 4 is 30.4 Å². The fourth-order valence-electron chi connectivity index (χ4n) is 2.28. The summed E-state index contributed by atoms with van der Waals surface area (Å²) < 4.78 is 22.4. The normalized spacial score (nSPS) is 15.6. The van der Waals surface area contributed by atoms with Gasteiger partial charge in [-0.25, -0.2) is 15.0 Å². The van der Waals surface area contributed by atoms with Crippen LogP contribution in [0.1, 0.15) is 37.9 Å². The van der Waals surface area contributed by atoms with Crippen molar-refractivity contribution in [2.45, 2.75) is 44.0 Å². The van der Waals surface area contributed by atoms with E-state index in [0.29, 0.717) is 11.2 Å². The number of imidazole rings is 1. The molecule has 0 amide bonds. The number of fused-ring (bicyclic) bond motifs is 1. The molecule has 0 fully saturated rings. The highest BCUT2D eigenvalue weighted by Gasteiger charge is 2.47. The van der Waals surface area contributed by atoms with Crippen LogP contribution in [0.2, 0.25) is 0 Å². The lowest BCUT2D eigenvalue weighted by Gasteiger charge is -2.34. The molecule has 5 N–H and O–H groups in total. The quantitative estimate of drug-likeness (QED) is 0.303. The van der Waals surface area contributed by atoms with E-state index in [4.69, 9.17) is 26.8 Å². The molecule has 2 aromatic heterocycles. The first kappa shape index (κ1) is 19.2. The number of nitrogens with zero attached hydrogens (tertiary/aromatic N) is 3. The molecule has 12 heteroatoms. The minimum atomic E-state index is -4.57. The average Bonchev–Trinajstić information content (AvgIpc) is 2.99. The van der Waals surface area contributed by atoms with Crippen molar-refractivity contribution in [3.63, 3.8) is 0 Å². The molecule has 10 nitrogen and oxygen atoms in total. The number of aromatic nitrogens is 4. The number of aromatic amines is 1. The number of rotatable bonds is 8. The maximum Gasteiger partial charge on any atom is 0.357 e. The van der Waals surface area contributed by atoms with E-state index >= 15 is 0 Å². The van der Waals surface area contributed by atoms with Gasteiger partial charge in [0.15, 0.2) is 16.6 Å². The van der Waals surface area contributed by atoms with E-state index in [0.717, 1.165) is 0 Å². The van der Waals surface area contributed by atoms with Crippen molar-refractivity contribution < 1.29 is 23.8 Å². The van der Waals surface area contributed by atoms with Crippen LogP contribution >= 0.6 is 19.2 Å². The molecule has 0 aliphatic heterocycles. The molecular weight excluding hydrogens is 361 g/mol. The van der Waals surface area contributed by atoms with E-state index < -0.39 is 24.9 Å². The first-order chi connectivity index (χ1) is 11.2. The van der Waals surface area contributed by atoms with Crippen molar-refractivity contribution in [2.75, 3.05) is 0 Å². The van der Waals surface area contributed by atoms with Crippen molar-refractivity contribution in [1.82, 2.24) is 19.9 Å². The summed E-state index contributed by atoms with van der Waals surface area (Å²) in [6.07, 6.45) is 1.33. The summed E-state index contributed by atoms with van der Waals surface area (Å²) in [6, 6.07) is 0. The van der Waals surface area contributed by atoms with Crippen LogP contribution in [-0.4, -0.2) is 41.5 Å². The zero-order valence-corrected chi connectivity index (χ0v) is 14.7. The molecular formula is C12H19ClN5O5P. The Labute approximate surface area is 142 Å². The van der Waals surface area contributed by atoms with Crippen molar-refractivity contribution in [2.24, 2.45) is 5.73 Å². The Bertz CT molecular complexity index is 733. The highest BCUT2D eigenvalue weighted by Crippen LogP contribution is 2.55. The van der Waals surface area contributed by atoms with Gasteiger partial charge in [0.2, 0.25) is 6.41 Å². The predicted molar refractivity (Wildman–Crippen MR) is 85.8 cm³/mol. The number of H-pyrrole nitrogens is 1. The Balaban J connectivity index is 2.15. The molecule has 0 aliphatic rings. The Hall–Kier alpha value is -1.13. The number of nitrogens with two attached hydrogens (primary N) is 1. The predicted octanol–water partition coefficient (Wildman–Crippen LogP) is 1.56. The highest BCUT2D eigenvalue weighted by molar-refractivity contribution is 7.53. The van der Waals surface area contributed by atoms with E-state index in [1.807, 2.05) is 0 Å². The molecule has 0 aliphatic carbocycles. The van der Waals surface area contributed by atoms with E-state index in [1.54, 1.807) is 13.8 Å². The summed E-state index contributed by atoms with van der Waals surface area (Å²) in [5, 5.41) is -1.74. The molecule has 2 atom stereocenters. The SMILES string of the molecule is CCC(CC)(OC(N)OC(Cl)c1ncnc2nc[nH]c12)P(=O)(O)O. The summed E-state index contributed by atoms with van der Waals surface area (Å²) >= 11 is 6.15. The fraction of sp³-hybridized carbons (Fsp3) is 0.583. The van der Waals surface area contributed by atoms with Crippen LogP contribution in [0.4, 0.5) is 0 Å². The minimum Gasteiger partial charge on any atom is -0.342 e. The minimum absolute atomic E-state index is 0.0517. The lowest BCUT2D eigenvalue weighted by Crippen LogP contribution is -2.41. The lowest BCUT2D eigenvalue weighted by molar-refractivity contribution is -0.197. The number of ether oxygens (including phenoxy) is 2. The van der Waals surface area contributed by atoms with Gasteiger partial charge in [-0.1, -0.05) is 25.4 Å². The van der Waals surface area contributed by atoms with E-state index in [2.05, 4.69) is 19.9 Å². The second kappa shape index (κ2) is 7.40. The maximum atomic E-state index is 11.7. The van der Waals surface area contributed by atoms with Crippen LogP contribution in [-0.2, 0) is 14.0 Å². The largest absolute Gasteiger partial charge is 0.357 e. The third-order valence-corrected chi connectivity index (χ3v) is 5.80. The van der Waals surface area contributed by atoms with Gasteiger partial charge >= 0.3 is 7.60 Å². The summed E-state index contributed by atoms with van der Waals surface area (Å²) in [6.45, 7) is 3.18. The van der Waals surface area contributed by atoms with Crippen molar-refractivity contribution in [3.8, 4) is 0 Å². The first-order valence-corrected chi connectivity index (χ1v) is 9.21. The zero-order chi connectivity index (χ0) is 18.0. The number of halogens is 1. The van der Waals surface area contributed by atoms with Crippen LogP contribution in [0.15, 0.2) is 12.7 Å². The molecule has 134 valence electrons. The van der Waals surface area contributed by atoms with Gasteiger partial charge in [-0.3, -0.25) is 10.3 Å². The molecule has 2 heterocycles. The van der Waals surface area contributed by atoms with Gasteiger partial charge in [0.05, 0.1) is 6.33 Å². The Morgan fingerprint density at radius 3 is 2.62 bits per heavy atom. The molecule has 0 bridgehead atoms. The lowest BCUT2D eigenvalue weighted by atomic mass is 10.2. The van der Waals surface area contributed by atoms with Gasteiger partial charge in [0.1, 0.15) is 17.5 Å². The summed E-state index contributed by atoms with van der Waals surface area (Å²) in [5.74, 6) is 0. The molecule has 2 unspecified atom stereocenters. The number of nitrogens with one attached hydrogen (secondary N) is 1. The van der Waals surface area contributed by atoms with Gasteiger partial charge in [0, 0.05) is 0 Å². The average molecular weight is 380 g/mol. The molecule has 2 aromatic rings. The smallest absolute Gasteiger partial charge is 0.342 e. The Morgan fingerprint density at radius 1 is 1.38 bits per heavy atom. The third-order valence-electron chi connectivity index (χ3n) is 3.69. The van der Waals surface area contributed by atoms with Gasteiger partial charge < -0.3 is 24.2 Å². The van der Waals surface area contributed by atoms with Gasteiger partial charge in [-0.2, -0.15) is 0 Å². The first-order valence-electron chi connectivity index (χ1n) is 7.16. The van der Waals surface area contributed by atoms with Crippen LogP contribution in [0.5, 0.6) is 0 Å². The van der Waals surface area contributed by atoms with Crippen molar-refractivity contribution in [1.29, 1.82) is 0 Å². The third kappa shape index (κ3) is 3.75. The van der Waals surface area contributed by atoms with E-state index in [-0.39, 0.29) is 18.5 Å². The van der Waals surface area contributed by atoms with Gasteiger partial charge in [-0.15, -0.1) is 0 Å². The van der Waals surface area contributed by atoms with Gasteiger partial charge in [-0.05, 0) is 12.8 Å². The van der Waals surface area contributed by atoms with Crippen LogP contribution in [0, 0.1) is 0 Å².